The summed E-state index contributed by atoms with van der Waals surface area (Å²) in [6.45, 7) is 15.8. The van der Waals surface area contributed by atoms with Crippen molar-refractivity contribution in [2.75, 3.05) is 6.54 Å². The maximum absolute atomic E-state index is 11.7. The predicted octanol–water partition coefficient (Wildman–Crippen LogP) is 3.52. The van der Waals surface area contributed by atoms with Gasteiger partial charge in [0.15, 0.2) is 16.6 Å². The smallest absolute Gasteiger partial charge is 0.314 e. The fourth-order valence-corrected chi connectivity index (χ4v) is 15.1. The minimum atomic E-state index is -2.24. The Morgan fingerprint density at radius 3 is 1.79 bits per heavy atom. The third kappa shape index (κ3) is 13.9. The summed E-state index contributed by atoms with van der Waals surface area (Å²) in [6.07, 6.45) is 1.50. The van der Waals surface area contributed by atoms with E-state index < -0.39 is 31.2 Å². The molecule has 0 heterocycles. The van der Waals surface area contributed by atoms with Crippen LogP contribution in [-0.2, 0) is 17.8 Å². The zero-order valence-corrected chi connectivity index (χ0v) is 19.3. The van der Waals surface area contributed by atoms with Crippen molar-refractivity contribution in [3.05, 3.63) is 0 Å². The second-order valence-electron chi connectivity index (χ2n) is 8.26. The van der Waals surface area contributed by atoms with E-state index >= 15 is 0 Å². The fourth-order valence-electron chi connectivity index (χ4n) is 2.54. The van der Waals surface area contributed by atoms with E-state index in [1.165, 1.54) is 0 Å². The van der Waals surface area contributed by atoms with Crippen molar-refractivity contribution >= 4 is 37.1 Å². The predicted molar refractivity (Wildman–Crippen MR) is 104 cm³/mol. The van der Waals surface area contributed by atoms with Crippen molar-refractivity contribution < 1.29 is 22.9 Å². The highest BCUT2D eigenvalue weighted by Crippen LogP contribution is 2.25. The van der Waals surface area contributed by atoms with E-state index in [1.807, 2.05) is 0 Å². The Labute approximate surface area is 149 Å². The number of carboxylic acids is 1. The van der Waals surface area contributed by atoms with Crippen LogP contribution in [0.15, 0.2) is 0 Å². The number of rotatable bonds is 12. The average molecular weight is 394 g/mol. The van der Waals surface area contributed by atoms with Gasteiger partial charge in [-0.05, 0) is 64.7 Å². The maximum atomic E-state index is 11.7. The Bertz CT molecular complexity index is 402. The molecule has 0 saturated heterocycles. The molecule has 6 nitrogen and oxygen atoms in total. The third-order valence-electron chi connectivity index (χ3n) is 2.97. The minimum absolute atomic E-state index is 0.0342. The van der Waals surface area contributed by atoms with E-state index in [0.29, 0.717) is 13.0 Å². The second-order valence-corrected chi connectivity index (χ2v) is 21.1. The highest BCUT2D eigenvalue weighted by atomic mass is 28.5. The number of aliphatic carboxylic acids is 1. The van der Waals surface area contributed by atoms with Crippen molar-refractivity contribution in [3.8, 4) is 0 Å². The largest absolute Gasteiger partial charge is 0.481 e. The van der Waals surface area contributed by atoms with Gasteiger partial charge in [-0.15, -0.1) is 0 Å². The Hall–Kier alpha value is -0.489. The lowest BCUT2D eigenvalue weighted by Gasteiger charge is -2.38. The van der Waals surface area contributed by atoms with Crippen LogP contribution < -0.4 is 5.32 Å². The SMILES string of the molecule is C[Si](C)(C)O[Si](C)(CCCNC(=O)CCCC(=O)O)O[Si](C)(C)C. The lowest BCUT2D eigenvalue weighted by Crippen LogP contribution is -2.52. The molecule has 0 bridgehead atoms. The molecule has 0 rings (SSSR count). The van der Waals surface area contributed by atoms with Gasteiger partial charge in [0.25, 0.3) is 0 Å². The molecule has 0 aromatic carbocycles. The standard InChI is InChI=1S/C15H35NO5Si3/c1-22(2,3)20-24(7,21-23(4,5)6)13-9-12-16-14(17)10-8-11-15(18)19/h8-13H2,1-7H3,(H,16,17)(H,18,19). The molecular formula is C15H35NO5Si3. The van der Waals surface area contributed by atoms with Crippen molar-refractivity contribution in [1.29, 1.82) is 0 Å². The molecule has 0 saturated carbocycles. The number of carboxylic acid groups (broad SMARTS) is 1. The van der Waals surface area contributed by atoms with Crippen LogP contribution in [0.1, 0.15) is 25.7 Å². The van der Waals surface area contributed by atoms with Crippen LogP contribution >= 0.6 is 0 Å². The van der Waals surface area contributed by atoms with Crippen molar-refractivity contribution in [3.63, 3.8) is 0 Å². The monoisotopic (exact) mass is 393 g/mol. The van der Waals surface area contributed by atoms with Gasteiger partial charge in [-0.2, -0.15) is 0 Å². The first-order valence-corrected chi connectivity index (χ1v) is 18.0. The van der Waals surface area contributed by atoms with Crippen LogP contribution in [0.4, 0.5) is 0 Å². The van der Waals surface area contributed by atoms with Crippen LogP contribution in [0.25, 0.3) is 0 Å². The number of carbonyl (C=O) groups is 2. The first kappa shape index (κ1) is 23.5. The molecule has 0 aliphatic rings. The number of hydrogen-bond acceptors (Lipinski definition) is 4. The van der Waals surface area contributed by atoms with E-state index in [4.69, 9.17) is 13.3 Å². The van der Waals surface area contributed by atoms with Crippen LogP contribution in [0.5, 0.6) is 0 Å². The summed E-state index contributed by atoms with van der Waals surface area (Å²) in [5.41, 5.74) is 0. The first-order chi connectivity index (χ1) is 10.7. The number of carbonyl (C=O) groups excluding carboxylic acids is 1. The molecule has 1 amide bonds. The molecule has 2 N–H and O–H groups in total. The molecule has 0 aliphatic heterocycles. The van der Waals surface area contributed by atoms with Crippen LogP contribution in [0, 0.1) is 0 Å². The molecule has 0 fully saturated rings. The molecule has 0 aromatic rings. The number of amides is 1. The van der Waals surface area contributed by atoms with Gasteiger partial charge in [0.1, 0.15) is 0 Å². The molecule has 142 valence electrons. The van der Waals surface area contributed by atoms with E-state index in [1.54, 1.807) is 0 Å². The molecule has 0 aliphatic carbocycles. The normalized spacial score (nSPS) is 13.0. The van der Waals surface area contributed by atoms with Crippen LogP contribution in [-0.4, -0.2) is 48.7 Å². The van der Waals surface area contributed by atoms with Crippen molar-refractivity contribution in [2.45, 2.75) is 77.6 Å². The summed E-state index contributed by atoms with van der Waals surface area (Å²) in [6, 6.07) is 0.858. The van der Waals surface area contributed by atoms with Gasteiger partial charge in [0, 0.05) is 19.4 Å². The van der Waals surface area contributed by atoms with Gasteiger partial charge in [-0.3, -0.25) is 9.59 Å². The molecule has 0 radical (unpaired) electrons. The maximum Gasteiger partial charge on any atom is 0.314 e. The van der Waals surface area contributed by atoms with Crippen LogP contribution in [0.2, 0.25) is 51.9 Å². The van der Waals surface area contributed by atoms with Gasteiger partial charge in [-0.1, -0.05) is 0 Å². The van der Waals surface area contributed by atoms with Crippen molar-refractivity contribution in [1.82, 2.24) is 5.32 Å². The van der Waals surface area contributed by atoms with Gasteiger partial charge in [0.2, 0.25) is 5.91 Å². The lowest BCUT2D eigenvalue weighted by atomic mass is 10.2. The summed E-state index contributed by atoms with van der Waals surface area (Å²) < 4.78 is 12.8. The zero-order chi connectivity index (χ0) is 19.0. The topological polar surface area (TPSA) is 84.9 Å². The zero-order valence-electron chi connectivity index (χ0n) is 16.3. The van der Waals surface area contributed by atoms with Gasteiger partial charge < -0.3 is 18.7 Å². The Morgan fingerprint density at radius 2 is 1.38 bits per heavy atom. The van der Waals surface area contributed by atoms with Gasteiger partial charge in [-0.25, -0.2) is 0 Å². The molecule has 0 atom stereocenters. The third-order valence-corrected chi connectivity index (χ3v) is 12.6. The second kappa shape index (κ2) is 9.85. The quantitative estimate of drug-likeness (QED) is 0.391. The number of hydrogen-bond donors (Lipinski definition) is 2. The Balaban J connectivity index is 4.32. The van der Waals surface area contributed by atoms with Crippen molar-refractivity contribution in [2.24, 2.45) is 0 Å². The molecule has 0 aromatic heterocycles. The fraction of sp³-hybridized carbons (Fsp3) is 0.867. The van der Waals surface area contributed by atoms with E-state index in [-0.39, 0.29) is 18.7 Å². The molecule has 0 unspecified atom stereocenters. The molecule has 9 heteroatoms. The summed E-state index contributed by atoms with van der Waals surface area (Å²) in [5.74, 6) is -0.951. The highest BCUT2D eigenvalue weighted by molar-refractivity contribution is 6.87. The lowest BCUT2D eigenvalue weighted by molar-refractivity contribution is -0.137. The van der Waals surface area contributed by atoms with E-state index in [0.717, 1.165) is 12.5 Å². The summed E-state index contributed by atoms with van der Waals surface area (Å²) in [7, 11) is -5.61. The minimum Gasteiger partial charge on any atom is -0.481 e. The van der Waals surface area contributed by atoms with Gasteiger partial charge >= 0.3 is 14.5 Å². The average Bonchev–Trinajstić information content (AvgIpc) is 2.29. The Morgan fingerprint density at radius 1 is 0.875 bits per heavy atom. The Kier molecular flexibility index (Phi) is 9.65. The number of nitrogens with one attached hydrogen (secondary N) is 1. The molecule has 24 heavy (non-hydrogen) atoms. The molecular weight excluding hydrogens is 358 g/mol. The molecule has 0 spiro atoms. The first-order valence-electron chi connectivity index (χ1n) is 8.61. The summed E-state index contributed by atoms with van der Waals surface area (Å²) in [4.78, 5) is 22.1. The van der Waals surface area contributed by atoms with Crippen LogP contribution in [0.3, 0.4) is 0 Å². The highest BCUT2D eigenvalue weighted by Gasteiger charge is 2.39. The van der Waals surface area contributed by atoms with E-state index in [9.17, 15) is 9.59 Å². The summed E-state index contributed by atoms with van der Waals surface area (Å²) in [5, 5.41) is 11.4. The van der Waals surface area contributed by atoms with E-state index in [2.05, 4.69) is 51.1 Å². The van der Waals surface area contributed by atoms with Gasteiger partial charge in [0.05, 0.1) is 0 Å². The summed E-state index contributed by atoms with van der Waals surface area (Å²) >= 11 is 0.